The average Bonchev–Trinajstić information content (AvgIpc) is 2.16. The molecule has 1 rings (SSSR count). The van der Waals surface area contributed by atoms with Crippen LogP contribution in [-0.4, -0.2) is 27.4 Å². The maximum absolute atomic E-state index is 13.3. The van der Waals surface area contributed by atoms with Gasteiger partial charge in [0.25, 0.3) is 0 Å². The first-order valence-corrected chi connectivity index (χ1v) is 4.55. The van der Waals surface area contributed by atoms with Gasteiger partial charge in [0.2, 0.25) is 0 Å². The zero-order valence-corrected chi connectivity index (χ0v) is 8.30. The van der Waals surface area contributed by atoms with E-state index >= 15 is 0 Å². The van der Waals surface area contributed by atoms with Gasteiger partial charge in [0.05, 0.1) is 12.5 Å². The average molecular weight is 229 g/mol. The summed E-state index contributed by atoms with van der Waals surface area (Å²) in [6, 6.07) is 3.78. The highest BCUT2D eigenvalue weighted by molar-refractivity contribution is 5.67. The van der Waals surface area contributed by atoms with Crippen LogP contribution in [0, 0.1) is 5.82 Å². The molecule has 0 spiro atoms. The van der Waals surface area contributed by atoms with E-state index in [1.165, 1.54) is 12.1 Å². The van der Waals surface area contributed by atoms with Crippen molar-refractivity contribution in [1.82, 2.24) is 0 Å². The molecular formula is C10H12FNO4. The van der Waals surface area contributed by atoms with Crippen molar-refractivity contribution in [3.63, 3.8) is 0 Å². The number of aliphatic hydroxyl groups is 2. The smallest absolute Gasteiger partial charge is 0.306 e. The van der Waals surface area contributed by atoms with Crippen LogP contribution in [0.4, 0.5) is 10.1 Å². The number of carboxylic acid groups (broad SMARTS) is 1. The number of nitrogen functional groups attached to an aromatic ring is 1. The highest BCUT2D eigenvalue weighted by Gasteiger charge is 2.25. The Labute approximate surface area is 90.9 Å². The zero-order chi connectivity index (χ0) is 12.3. The number of hydrogen-bond donors (Lipinski definition) is 4. The van der Waals surface area contributed by atoms with E-state index in [0.29, 0.717) is 0 Å². The molecule has 2 unspecified atom stereocenters. The minimum atomic E-state index is -1.66. The number of carbonyl (C=O) groups is 1. The molecule has 0 bridgehead atoms. The van der Waals surface area contributed by atoms with Crippen LogP contribution in [0.5, 0.6) is 0 Å². The molecule has 0 saturated heterocycles. The number of aliphatic hydroxyl groups excluding tert-OH is 2. The van der Waals surface area contributed by atoms with Crippen LogP contribution in [0.15, 0.2) is 18.2 Å². The number of rotatable bonds is 4. The lowest BCUT2D eigenvalue weighted by Crippen LogP contribution is -2.23. The first-order valence-electron chi connectivity index (χ1n) is 4.55. The normalized spacial score (nSPS) is 14.4. The minimum absolute atomic E-state index is 0.0306. The summed E-state index contributed by atoms with van der Waals surface area (Å²) in [6.45, 7) is 0. The topological polar surface area (TPSA) is 104 Å². The fourth-order valence-corrected chi connectivity index (χ4v) is 1.35. The second-order valence-corrected chi connectivity index (χ2v) is 3.35. The number of halogens is 1. The SMILES string of the molecule is Nc1cccc(F)c1C(O)C(O)CC(=O)O. The standard InChI is InChI=1S/C10H12FNO4/c11-5-2-1-3-6(12)9(5)10(16)7(13)4-8(14)15/h1-3,7,10,13,16H,4,12H2,(H,14,15). The Morgan fingerprint density at radius 2 is 2.06 bits per heavy atom. The molecule has 0 heterocycles. The van der Waals surface area contributed by atoms with Crippen molar-refractivity contribution in [2.24, 2.45) is 0 Å². The van der Waals surface area contributed by atoms with Crippen molar-refractivity contribution >= 4 is 11.7 Å². The summed E-state index contributed by atoms with van der Waals surface area (Å²) in [4.78, 5) is 10.3. The quantitative estimate of drug-likeness (QED) is 0.555. The van der Waals surface area contributed by atoms with Gasteiger partial charge in [-0.1, -0.05) is 6.07 Å². The Balaban J connectivity index is 2.95. The van der Waals surface area contributed by atoms with Gasteiger partial charge < -0.3 is 21.1 Å². The first kappa shape index (κ1) is 12.4. The lowest BCUT2D eigenvalue weighted by atomic mass is 10.00. The number of anilines is 1. The highest BCUT2D eigenvalue weighted by Crippen LogP contribution is 2.27. The summed E-state index contributed by atoms with van der Waals surface area (Å²) in [6.07, 6.45) is -3.94. The minimum Gasteiger partial charge on any atom is -0.481 e. The fraction of sp³-hybridized carbons (Fsp3) is 0.300. The number of benzene rings is 1. The van der Waals surface area contributed by atoms with Crippen molar-refractivity contribution in [3.05, 3.63) is 29.6 Å². The van der Waals surface area contributed by atoms with Crippen LogP contribution in [0.25, 0.3) is 0 Å². The molecule has 0 fully saturated rings. The predicted molar refractivity (Wildman–Crippen MR) is 54.0 cm³/mol. The van der Waals surface area contributed by atoms with E-state index in [0.717, 1.165) is 6.07 Å². The zero-order valence-electron chi connectivity index (χ0n) is 8.30. The van der Waals surface area contributed by atoms with Crippen LogP contribution < -0.4 is 5.73 Å². The summed E-state index contributed by atoms with van der Waals surface area (Å²) in [5.74, 6) is -2.07. The van der Waals surface area contributed by atoms with Gasteiger partial charge >= 0.3 is 5.97 Å². The van der Waals surface area contributed by atoms with E-state index in [1.54, 1.807) is 0 Å². The molecule has 0 aliphatic carbocycles. The van der Waals surface area contributed by atoms with Crippen molar-refractivity contribution in [3.8, 4) is 0 Å². The maximum atomic E-state index is 13.3. The highest BCUT2D eigenvalue weighted by atomic mass is 19.1. The second kappa shape index (κ2) is 4.91. The second-order valence-electron chi connectivity index (χ2n) is 3.35. The Morgan fingerprint density at radius 3 is 2.56 bits per heavy atom. The third-order valence-electron chi connectivity index (χ3n) is 2.13. The number of carboxylic acids is 1. The van der Waals surface area contributed by atoms with Gasteiger partial charge in [0, 0.05) is 11.3 Å². The molecule has 0 aliphatic rings. The summed E-state index contributed by atoms with van der Waals surface area (Å²) in [7, 11) is 0. The van der Waals surface area contributed by atoms with E-state index in [1.807, 2.05) is 0 Å². The molecule has 0 saturated carbocycles. The van der Waals surface area contributed by atoms with Crippen LogP contribution in [0.3, 0.4) is 0 Å². The molecule has 6 heteroatoms. The Hall–Kier alpha value is -1.66. The molecule has 1 aromatic carbocycles. The van der Waals surface area contributed by atoms with Gasteiger partial charge in [-0.05, 0) is 12.1 Å². The van der Waals surface area contributed by atoms with Gasteiger partial charge in [0.1, 0.15) is 11.9 Å². The van der Waals surface area contributed by atoms with Gasteiger partial charge in [-0.2, -0.15) is 0 Å². The van der Waals surface area contributed by atoms with Crippen LogP contribution in [-0.2, 0) is 4.79 Å². The number of aliphatic carboxylic acids is 1. The van der Waals surface area contributed by atoms with Crippen molar-refractivity contribution < 1.29 is 24.5 Å². The lowest BCUT2D eigenvalue weighted by Gasteiger charge is -2.18. The van der Waals surface area contributed by atoms with Crippen molar-refractivity contribution in [2.75, 3.05) is 5.73 Å². The third kappa shape index (κ3) is 2.68. The van der Waals surface area contributed by atoms with Crippen LogP contribution in [0.1, 0.15) is 18.1 Å². The summed E-state index contributed by atoms with van der Waals surface area (Å²) in [5, 5.41) is 27.3. The van der Waals surface area contributed by atoms with Gasteiger partial charge in [-0.15, -0.1) is 0 Å². The number of nitrogens with two attached hydrogens (primary N) is 1. The monoisotopic (exact) mass is 229 g/mol. The lowest BCUT2D eigenvalue weighted by molar-refractivity contribution is -0.141. The van der Waals surface area contributed by atoms with Crippen molar-refractivity contribution in [1.29, 1.82) is 0 Å². The van der Waals surface area contributed by atoms with Crippen molar-refractivity contribution in [2.45, 2.75) is 18.6 Å². The molecule has 1 aromatic rings. The van der Waals surface area contributed by atoms with Gasteiger partial charge in [-0.3, -0.25) is 4.79 Å². The largest absolute Gasteiger partial charge is 0.481 e. The van der Waals surface area contributed by atoms with E-state index in [9.17, 15) is 19.4 Å². The molecule has 16 heavy (non-hydrogen) atoms. The van der Waals surface area contributed by atoms with Gasteiger partial charge in [0.15, 0.2) is 0 Å². The Morgan fingerprint density at radius 1 is 1.44 bits per heavy atom. The fourth-order valence-electron chi connectivity index (χ4n) is 1.35. The maximum Gasteiger partial charge on any atom is 0.306 e. The third-order valence-corrected chi connectivity index (χ3v) is 2.13. The van der Waals surface area contributed by atoms with E-state index < -0.39 is 30.4 Å². The molecule has 88 valence electrons. The molecule has 0 radical (unpaired) electrons. The molecule has 0 amide bonds. The van der Waals surface area contributed by atoms with E-state index in [4.69, 9.17) is 10.8 Å². The Kier molecular flexibility index (Phi) is 3.81. The summed E-state index contributed by atoms with van der Waals surface area (Å²) >= 11 is 0. The molecule has 0 aromatic heterocycles. The molecule has 5 nitrogen and oxygen atoms in total. The van der Waals surface area contributed by atoms with E-state index in [-0.39, 0.29) is 11.3 Å². The molecular weight excluding hydrogens is 217 g/mol. The predicted octanol–water partition coefficient (Wildman–Crippen LogP) is 0.277. The first-order chi connectivity index (χ1) is 7.43. The van der Waals surface area contributed by atoms with Gasteiger partial charge in [-0.25, -0.2) is 4.39 Å². The van der Waals surface area contributed by atoms with Crippen LogP contribution in [0.2, 0.25) is 0 Å². The molecule has 5 N–H and O–H groups in total. The van der Waals surface area contributed by atoms with Crippen LogP contribution >= 0.6 is 0 Å². The summed E-state index contributed by atoms with van der Waals surface area (Å²) in [5.41, 5.74) is 5.12. The summed E-state index contributed by atoms with van der Waals surface area (Å²) < 4.78 is 13.3. The molecule has 0 aliphatic heterocycles. The number of hydrogen-bond acceptors (Lipinski definition) is 4. The van der Waals surface area contributed by atoms with E-state index in [2.05, 4.69) is 0 Å². The molecule has 2 atom stereocenters. The Bertz CT molecular complexity index is 376.